The molecule has 3 N–H and O–H groups in total. The highest BCUT2D eigenvalue weighted by atomic mass is 16.3. The quantitative estimate of drug-likeness (QED) is 0.330. The van der Waals surface area contributed by atoms with Gasteiger partial charge in [0.1, 0.15) is 17.3 Å². The smallest absolute Gasteiger partial charge is 0.197 e. The molecule has 0 radical (unpaired) electrons. The molecule has 1 unspecified atom stereocenters. The molecule has 0 aromatic heterocycles. The van der Waals surface area contributed by atoms with Gasteiger partial charge in [0, 0.05) is 42.3 Å². The number of ketones is 1. The number of benzene rings is 3. The van der Waals surface area contributed by atoms with E-state index in [-0.39, 0.29) is 34.2 Å². The van der Waals surface area contributed by atoms with Crippen LogP contribution in [0, 0.1) is 11.8 Å². The first-order chi connectivity index (χ1) is 17.2. The Morgan fingerprint density at radius 2 is 1.17 bits per heavy atom. The average molecular weight is 487 g/mol. The molecular formula is C30H34N2O4. The zero-order chi connectivity index (χ0) is 26.0. The van der Waals surface area contributed by atoms with E-state index in [0.717, 1.165) is 24.5 Å². The first-order valence-corrected chi connectivity index (χ1v) is 12.4. The molecule has 1 aliphatic rings. The number of aromatic hydroxyl groups is 2. The van der Waals surface area contributed by atoms with Crippen LogP contribution in [0.3, 0.4) is 0 Å². The van der Waals surface area contributed by atoms with Crippen LogP contribution in [-0.2, 0) is 4.79 Å². The third-order valence-corrected chi connectivity index (χ3v) is 6.20. The van der Waals surface area contributed by atoms with Crippen LogP contribution in [0.4, 0.5) is 17.1 Å². The van der Waals surface area contributed by atoms with Gasteiger partial charge >= 0.3 is 0 Å². The Balaban J connectivity index is 1.74. The largest absolute Gasteiger partial charge is 0.509 e. The molecule has 0 bridgehead atoms. The summed E-state index contributed by atoms with van der Waals surface area (Å²) in [7, 11) is 0. The van der Waals surface area contributed by atoms with Crippen LogP contribution in [0.1, 0.15) is 33.3 Å². The van der Waals surface area contributed by atoms with Gasteiger partial charge in [-0.15, -0.1) is 0 Å². The molecule has 6 heteroatoms. The van der Waals surface area contributed by atoms with Gasteiger partial charge in [0.2, 0.25) is 0 Å². The number of aliphatic hydroxyl groups is 1. The fraction of sp³-hybridized carbons (Fsp3) is 0.300. The maximum Gasteiger partial charge on any atom is 0.197 e. The van der Waals surface area contributed by atoms with Crippen molar-refractivity contribution in [1.29, 1.82) is 0 Å². The Kier molecular flexibility index (Phi) is 7.25. The zero-order valence-electron chi connectivity index (χ0n) is 21.2. The number of nitrogens with zero attached hydrogens (tertiary/aromatic N) is 2. The maximum atomic E-state index is 13.5. The van der Waals surface area contributed by atoms with Gasteiger partial charge in [-0.05, 0) is 36.1 Å². The Bertz CT molecular complexity index is 1180. The number of hydrogen-bond donors (Lipinski definition) is 3. The monoisotopic (exact) mass is 486 g/mol. The van der Waals surface area contributed by atoms with Crippen molar-refractivity contribution in [3.63, 3.8) is 0 Å². The topological polar surface area (TPSA) is 84.2 Å². The SMILES string of the molecule is CC(C)CN(CC(C)C)c1cc(O)c(C2=C(O)C(N(c3ccccc3)c3ccccc3)C2=O)c(O)c1. The summed E-state index contributed by atoms with van der Waals surface area (Å²) in [4.78, 5) is 17.4. The number of phenolic OH excluding ortho intramolecular Hbond substituents is 2. The summed E-state index contributed by atoms with van der Waals surface area (Å²) in [5, 5.41) is 33.0. The van der Waals surface area contributed by atoms with Crippen LogP contribution in [0.2, 0.25) is 0 Å². The number of rotatable bonds is 9. The molecule has 36 heavy (non-hydrogen) atoms. The van der Waals surface area contributed by atoms with E-state index in [1.54, 1.807) is 17.0 Å². The molecule has 0 spiro atoms. The first-order valence-electron chi connectivity index (χ1n) is 12.4. The van der Waals surface area contributed by atoms with Crippen LogP contribution in [0.25, 0.3) is 5.57 Å². The van der Waals surface area contributed by atoms with E-state index in [4.69, 9.17) is 0 Å². The highest BCUT2D eigenvalue weighted by Gasteiger charge is 2.46. The molecule has 188 valence electrons. The molecule has 4 rings (SSSR count). The molecule has 0 amide bonds. The van der Waals surface area contributed by atoms with Gasteiger partial charge < -0.3 is 25.1 Å². The molecule has 0 saturated heterocycles. The lowest BCUT2D eigenvalue weighted by atomic mass is 9.81. The van der Waals surface area contributed by atoms with Gasteiger partial charge in [0.25, 0.3) is 0 Å². The van der Waals surface area contributed by atoms with Crippen molar-refractivity contribution in [2.75, 3.05) is 22.9 Å². The molecule has 3 aromatic carbocycles. The van der Waals surface area contributed by atoms with E-state index in [2.05, 4.69) is 32.6 Å². The summed E-state index contributed by atoms with van der Waals surface area (Å²) in [5.41, 5.74) is 2.07. The average Bonchev–Trinajstić information content (AvgIpc) is 2.84. The highest BCUT2D eigenvalue weighted by molar-refractivity contribution is 6.34. The van der Waals surface area contributed by atoms with Gasteiger partial charge in [0.05, 0.1) is 11.1 Å². The Labute approximate surface area is 212 Å². The third kappa shape index (κ3) is 4.89. The van der Waals surface area contributed by atoms with E-state index in [0.29, 0.717) is 17.5 Å². The molecule has 1 aliphatic carbocycles. The number of phenols is 2. The predicted molar refractivity (Wildman–Crippen MR) is 145 cm³/mol. The van der Waals surface area contributed by atoms with Gasteiger partial charge in [0.15, 0.2) is 11.8 Å². The second-order valence-electron chi connectivity index (χ2n) is 10.1. The van der Waals surface area contributed by atoms with E-state index < -0.39 is 6.04 Å². The van der Waals surface area contributed by atoms with Crippen molar-refractivity contribution < 1.29 is 20.1 Å². The summed E-state index contributed by atoms with van der Waals surface area (Å²) >= 11 is 0. The van der Waals surface area contributed by atoms with Crippen LogP contribution in [-0.4, -0.2) is 40.2 Å². The van der Waals surface area contributed by atoms with Crippen LogP contribution < -0.4 is 9.80 Å². The second-order valence-corrected chi connectivity index (χ2v) is 10.1. The van der Waals surface area contributed by atoms with Crippen molar-refractivity contribution in [2.45, 2.75) is 33.7 Å². The van der Waals surface area contributed by atoms with E-state index >= 15 is 0 Å². The summed E-state index contributed by atoms with van der Waals surface area (Å²) in [6, 6.07) is 20.9. The number of anilines is 3. The van der Waals surface area contributed by atoms with Gasteiger partial charge in [-0.2, -0.15) is 0 Å². The lowest BCUT2D eigenvalue weighted by Gasteiger charge is -2.39. The number of para-hydroxylation sites is 2. The molecular weight excluding hydrogens is 452 g/mol. The Morgan fingerprint density at radius 3 is 1.56 bits per heavy atom. The van der Waals surface area contributed by atoms with Gasteiger partial charge in [-0.3, -0.25) is 4.79 Å². The minimum absolute atomic E-state index is 0.0346. The summed E-state index contributed by atoms with van der Waals surface area (Å²) < 4.78 is 0. The van der Waals surface area contributed by atoms with Crippen LogP contribution in [0.15, 0.2) is 78.6 Å². The predicted octanol–water partition coefficient (Wildman–Crippen LogP) is 6.27. The Hall–Kier alpha value is -3.93. The molecule has 6 nitrogen and oxygen atoms in total. The normalized spacial score (nSPS) is 15.4. The fourth-order valence-electron chi connectivity index (χ4n) is 4.76. The van der Waals surface area contributed by atoms with Crippen molar-refractivity contribution in [2.24, 2.45) is 11.8 Å². The number of Topliss-reactive ketones (excluding diaryl/α,β-unsaturated/α-hetero) is 1. The molecule has 3 aromatic rings. The minimum atomic E-state index is -0.957. The Morgan fingerprint density at radius 1 is 0.722 bits per heavy atom. The molecule has 0 saturated carbocycles. The summed E-state index contributed by atoms with van der Waals surface area (Å²) in [6.07, 6.45) is 0. The van der Waals surface area contributed by atoms with Crippen molar-refractivity contribution >= 4 is 28.4 Å². The lowest BCUT2D eigenvalue weighted by molar-refractivity contribution is -0.116. The molecule has 1 atom stereocenters. The number of carbonyl (C=O) groups excluding carboxylic acids is 1. The molecule has 0 fully saturated rings. The summed E-state index contributed by atoms with van der Waals surface area (Å²) in [6.45, 7) is 9.97. The zero-order valence-corrected chi connectivity index (χ0v) is 21.2. The second kappa shape index (κ2) is 10.4. The third-order valence-electron chi connectivity index (χ3n) is 6.20. The lowest BCUT2D eigenvalue weighted by Crippen LogP contribution is -2.47. The van der Waals surface area contributed by atoms with E-state index in [1.807, 2.05) is 60.7 Å². The molecule has 0 aliphatic heterocycles. The van der Waals surface area contributed by atoms with Crippen molar-refractivity contribution in [1.82, 2.24) is 0 Å². The summed E-state index contributed by atoms with van der Waals surface area (Å²) in [5.74, 6) is -0.263. The van der Waals surface area contributed by atoms with Crippen molar-refractivity contribution in [3.8, 4) is 11.5 Å². The van der Waals surface area contributed by atoms with Crippen molar-refractivity contribution in [3.05, 3.63) is 84.1 Å². The van der Waals surface area contributed by atoms with Gasteiger partial charge in [-0.1, -0.05) is 64.1 Å². The molecule has 0 heterocycles. The minimum Gasteiger partial charge on any atom is -0.509 e. The maximum absolute atomic E-state index is 13.5. The highest BCUT2D eigenvalue weighted by Crippen LogP contribution is 2.47. The van der Waals surface area contributed by atoms with E-state index in [9.17, 15) is 20.1 Å². The van der Waals surface area contributed by atoms with Crippen LogP contribution >= 0.6 is 0 Å². The standard InChI is InChI=1S/C30H34N2O4/c1-19(2)17-31(18-20(3)4)23-15-24(33)26(25(34)16-23)27-29(35)28(30(27)36)32(21-11-7-5-8-12-21)22-13-9-6-10-14-22/h5-16,19-20,28,33-35H,17-18H2,1-4H3. The number of aliphatic hydroxyl groups excluding tert-OH is 1. The number of hydrogen-bond acceptors (Lipinski definition) is 6. The fourth-order valence-corrected chi connectivity index (χ4v) is 4.76. The number of carbonyl (C=O) groups is 1. The first kappa shape index (κ1) is 25.2. The van der Waals surface area contributed by atoms with Crippen LogP contribution in [0.5, 0.6) is 11.5 Å². The van der Waals surface area contributed by atoms with E-state index in [1.165, 1.54) is 0 Å². The van der Waals surface area contributed by atoms with Gasteiger partial charge in [-0.25, -0.2) is 0 Å².